The first-order valence-electron chi connectivity index (χ1n) is 2.95. The third kappa shape index (κ3) is 1.46. The molecular weight excluding hydrogens is 154 g/mol. The van der Waals surface area contributed by atoms with Crippen LogP contribution in [0.5, 0.6) is 0 Å². The van der Waals surface area contributed by atoms with Crippen molar-refractivity contribution in [3.63, 3.8) is 0 Å². The van der Waals surface area contributed by atoms with Gasteiger partial charge in [-0.2, -0.15) is 4.31 Å². The number of hydrogen-bond acceptors (Lipinski definition) is 4. The van der Waals surface area contributed by atoms with E-state index in [9.17, 15) is 8.42 Å². The van der Waals surface area contributed by atoms with Gasteiger partial charge in [0.15, 0.2) is 0 Å². The molecule has 1 aliphatic heterocycles. The monoisotopic (exact) mass is 165 g/mol. The fourth-order valence-electron chi connectivity index (χ4n) is 0.814. The van der Waals surface area contributed by atoms with Crippen molar-refractivity contribution in [3.8, 4) is 0 Å². The Balaban J connectivity index is 2.41. The summed E-state index contributed by atoms with van der Waals surface area (Å²) < 4.78 is 22.8. The van der Waals surface area contributed by atoms with E-state index in [0.29, 0.717) is 13.1 Å². The van der Waals surface area contributed by atoms with Gasteiger partial charge in [0, 0.05) is 19.1 Å². The molecule has 0 saturated carbocycles. The molecule has 1 heterocycles. The van der Waals surface area contributed by atoms with Crippen LogP contribution in [-0.4, -0.2) is 38.1 Å². The fourth-order valence-corrected chi connectivity index (χ4v) is 1.72. The van der Waals surface area contributed by atoms with E-state index in [2.05, 4.69) is 5.43 Å². The average Bonchev–Trinajstić information content (AvgIpc) is 1.57. The van der Waals surface area contributed by atoms with E-state index < -0.39 is 10.0 Å². The predicted molar refractivity (Wildman–Crippen MR) is 37.5 cm³/mol. The maximum absolute atomic E-state index is 10.7. The van der Waals surface area contributed by atoms with Crippen molar-refractivity contribution >= 4 is 10.0 Å². The molecule has 0 radical (unpaired) electrons. The summed E-state index contributed by atoms with van der Waals surface area (Å²) in [6.45, 7) is 0.991. The lowest BCUT2D eigenvalue weighted by Gasteiger charge is -2.36. The molecule has 0 aromatic carbocycles. The summed E-state index contributed by atoms with van der Waals surface area (Å²) in [5, 5.41) is 0. The Bertz CT molecular complexity index is 207. The molecule has 1 aliphatic rings. The van der Waals surface area contributed by atoms with Crippen molar-refractivity contribution in [2.45, 2.75) is 6.04 Å². The first-order valence-corrected chi connectivity index (χ1v) is 4.80. The summed E-state index contributed by atoms with van der Waals surface area (Å²) in [5.41, 5.74) is 2.50. The van der Waals surface area contributed by atoms with Crippen LogP contribution in [-0.2, 0) is 10.0 Å². The Morgan fingerprint density at radius 3 is 2.40 bits per heavy atom. The van der Waals surface area contributed by atoms with E-state index in [1.165, 1.54) is 10.6 Å². The third-order valence-corrected chi connectivity index (χ3v) is 2.79. The molecule has 0 aromatic rings. The van der Waals surface area contributed by atoms with Crippen molar-refractivity contribution in [1.29, 1.82) is 0 Å². The molecule has 6 heteroatoms. The fraction of sp³-hybridized carbons (Fsp3) is 1.00. The van der Waals surface area contributed by atoms with Crippen LogP contribution in [0, 0.1) is 0 Å². The van der Waals surface area contributed by atoms with E-state index in [-0.39, 0.29) is 6.04 Å². The summed E-state index contributed by atoms with van der Waals surface area (Å²) >= 11 is 0. The molecule has 60 valence electrons. The van der Waals surface area contributed by atoms with Crippen molar-refractivity contribution in [1.82, 2.24) is 9.73 Å². The molecule has 0 bridgehead atoms. The van der Waals surface area contributed by atoms with E-state index in [4.69, 9.17) is 5.84 Å². The zero-order valence-corrected chi connectivity index (χ0v) is 6.56. The zero-order valence-electron chi connectivity index (χ0n) is 5.74. The van der Waals surface area contributed by atoms with Gasteiger partial charge >= 0.3 is 0 Å². The first-order chi connectivity index (χ1) is 4.54. The van der Waals surface area contributed by atoms with Crippen LogP contribution in [0.25, 0.3) is 0 Å². The highest BCUT2D eigenvalue weighted by molar-refractivity contribution is 7.88. The van der Waals surface area contributed by atoms with E-state index in [1.807, 2.05) is 0 Å². The van der Waals surface area contributed by atoms with Gasteiger partial charge in [0.2, 0.25) is 10.0 Å². The largest absolute Gasteiger partial charge is 0.271 e. The maximum atomic E-state index is 10.7. The van der Waals surface area contributed by atoms with Crippen molar-refractivity contribution in [3.05, 3.63) is 0 Å². The average molecular weight is 165 g/mol. The Morgan fingerprint density at radius 1 is 1.60 bits per heavy atom. The molecule has 1 rings (SSSR count). The lowest BCUT2D eigenvalue weighted by molar-refractivity contribution is 0.230. The molecule has 1 fully saturated rings. The first kappa shape index (κ1) is 7.93. The number of nitrogens with zero attached hydrogens (tertiary/aromatic N) is 1. The van der Waals surface area contributed by atoms with Crippen LogP contribution in [0.1, 0.15) is 0 Å². The number of nitrogens with one attached hydrogen (secondary N) is 1. The van der Waals surface area contributed by atoms with Crippen LogP contribution in [0.2, 0.25) is 0 Å². The molecule has 0 unspecified atom stereocenters. The second-order valence-electron chi connectivity index (χ2n) is 2.44. The molecule has 0 amide bonds. The number of hydrogen-bond donors (Lipinski definition) is 2. The van der Waals surface area contributed by atoms with Crippen molar-refractivity contribution in [2.75, 3.05) is 19.3 Å². The molecule has 0 aromatic heterocycles. The van der Waals surface area contributed by atoms with Crippen LogP contribution < -0.4 is 11.3 Å². The highest BCUT2D eigenvalue weighted by atomic mass is 32.2. The van der Waals surface area contributed by atoms with Crippen LogP contribution in [0.4, 0.5) is 0 Å². The second-order valence-corrected chi connectivity index (χ2v) is 4.43. The number of nitrogens with two attached hydrogens (primary N) is 1. The van der Waals surface area contributed by atoms with Crippen LogP contribution in [0.15, 0.2) is 0 Å². The van der Waals surface area contributed by atoms with Gasteiger partial charge in [-0.25, -0.2) is 8.42 Å². The van der Waals surface area contributed by atoms with Gasteiger partial charge in [-0.05, 0) is 0 Å². The van der Waals surface area contributed by atoms with Gasteiger partial charge in [0.25, 0.3) is 0 Å². The number of rotatable bonds is 2. The third-order valence-electron chi connectivity index (χ3n) is 1.55. The van der Waals surface area contributed by atoms with Gasteiger partial charge in [0.05, 0.1) is 6.26 Å². The van der Waals surface area contributed by atoms with Gasteiger partial charge in [0.1, 0.15) is 0 Å². The number of sulfonamides is 1. The summed E-state index contributed by atoms with van der Waals surface area (Å²) in [6, 6.07) is 0.134. The topological polar surface area (TPSA) is 75.4 Å². The van der Waals surface area contributed by atoms with Crippen LogP contribution in [0.3, 0.4) is 0 Å². The smallest absolute Gasteiger partial charge is 0.211 e. The Hall–Kier alpha value is -0.170. The lowest BCUT2D eigenvalue weighted by atomic mass is 10.2. The minimum atomic E-state index is -2.97. The quantitative estimate of drug-likeness (QED) is 0.370. The SMILES string of the molecule is CS(=O)(=O)N1CC(NN)C1. The normalized spacial score (nSPS) is 22.6. The second kappa shape index (κ2) is 2.46. The summed E-state index contributed by atoms with van der Waals surface area (Å²) in [7, 11) is -2.97. The van der Waals surface area contributed by atoms with E-state index >= 15 is 0 Å². The molecule has 1 saturated heterocycles. The molecule has 0 atom stereocenters. The van der Waals surface area contributed by atoms with Gasteiger partial charge in [-0.15, -0.1) is 0 Å². The molecule has 5 nitrogen and oxygen atoms in total. The van der Waals surface area contributed by atoms with Gasteiger partial charge < -0.3 is 0 Å². The lowest BCUT2D eigenvalue weighted by Crippen LogP contribution is -2.61. The highest BCUT2D eigenvalue weighted by Gasteiger charge is 2.31. The number of hydrazine groups is 1. The minimum absolute atomic E-state index is 0.134. The van der Waals surface area contributed by atoms with Crippen LogP contribution >= 0.6 is 0 Å². The molecule has 3 N–H and O–H groups in total. The van der Waals surface area contributed by atoms with E-state index in [0.717, 1.165) is 0 Å². The van der Waals surface area contributed by atoms with Crippen molar-refractivity contribution < 1.29 is 8.42 Å². The Labute approximate surface area is 60.2 Å². The van der Waals surface area contributed by atoms with Crippen molar-refractivity contribution in [2.24, 2.45) is 5.84 Å². The van der Waals surface area contributed by atoms with Gasteiger partial charge in [-0.3, -0.25) is 11.3 Å². The predicted octanol–water partition coefficient (Wildman–Crippen LogP) is -1.91. The molecule has 0 aliphatic carbocycles. The maximum Gasteiger partial charge on any atom is 0.211 e. The minimum Gasteiger partial charge on any atom is -0.271 e. The highest BCUT2D eigenvalue weighted by Crippen LogP contribution is 2.10. The van der Waals surface area contributed by atoms with Gasteiger partial charge in [-0.1, -0.05) is 0 Å². The summed E-state index contributed by atoms with van der Waals surface area (Å²) in [6.07, 6.45) is 1.19. The Morgan fingerprint density at radius 2 is 2.10 bits per heavy atom. The summed E-state index contributed by atoms with van der Waals surface area (Å²) in [5.74, 6) is 5.07. The summed E-state index contributed by atoms with van der Waals surface area (Å²) in [4.78, 5) is 0. The molecular formula is C4H11N3O2S. The van der Waals surface area contributed by atoms with E-state index in [1.54, 1.807) is 0 Å². The Kier molecular flexibility index (Phi) is 1.95. The molecule has 0 spiro atoms. The zero-order chi connectivity index (χ0) is 7.78. The standard InChI is InChI=1S/C4H11N3O2S/c1-10(8,9)7-2-4(3-7)6-5/h4,6H,2-3,5H2,1H3. The molecule has 10 heavy (non-hydrogen) atoms.